The first kappa shape index (κ1) is 10.0. The molecule has 1 atom stereocenters. The zero-order valence-corrected chi connectivity index (χ0v) is 8.44. The Morgan fingerprint density at radius 2 is 2.47 bits per heavy atom. The molecule has 1 fully saturated rings. The average molecular weight is 228 g/mol. The summed E-state index contributed by atoms with van der Waals surface area (Å²) in [7, 11) is 0. The van der Waals surface area contributed by atoms with Gasteiger partial charge in [0.25, 0.3) is 5.91 Å². The van der Waals surface area contributed by atoms with E-state index in [1.54, 1.807) is 0 Å². The highest BCUT2D eigenvalue weighted by Crippen LogP contribution is 2.23. The van der Waals surface area contributed by atoms with E-state index in [2.05, 4.69) is 5.16 Å². The quantitative estimate of drug-likeness (QED) is 0.782. The maximum Gasteiger partial charge on any atom is 0.327 e. The molecule has 0 bridgehead atoms. The number of amides is 1. The maximum absolute atomic E-state index is 11.7. The number of hydrogen-bond acceptors (Lipinski definition) is 5. The van der Waals surface area contributed by atoms with Gasteiger partial charge in [-0.2, -0.15) is 0 Å². The van der Waals surface area contributed by atoms with E-state index in [1.807, 2.05) is 0 Å². The molecule has 1 saturated heterocycles. The molecule has 1 aromatic rings. The molecule has 7 heteroatoms. The molecule has 0 aromatic carbocycles. The van der Waals surface area contributed by atoms with Crippen molar-refractivity contribution in [1.29, 1.82) is 0 Å². The Morgan fingerprint density at radius 3 is 3.07 bits per heavy atom. The number of aromatic nitrogens is 1. The molecule has 1 aliphatic rings. The molecule has 1 unspecified atom stereocenters. The lowest BCUT2D eigenvalue weighted by Gasteiger charge is -2.18. The van der Waals surface area contributed by atoms with Gasteiger partial charge in [0.1, 0.15) is 6.04 Å². The van der Waals surface area contributed by atoms with Crippen LogP contribution in [0.4, 0.5) is 0 Å². The SMILES string of the molecule is O=C(O)C1CSCN1C(=O)c1ccno1. The largest absolute Gasteiger partial charge is 0.480 e. The Morgan fingerprint density at radius 1 is 1.67 bits per heavy atom. The van der Waals surface area contributed by atoms with Gasteiger partial charge in [-0.1, -0.05) is 5.16 Å². The van der Waals surface area contributed by atoms with Crippen molar-refractivity contribution in [2.24, 2.45) is 0 Å². The second kappa shape index (κ2) is 3.93. The third-order valence-corrected chi connectivity index (χ3v) is 3.09. The van der Waals surface area contributed by atoms with Crippen molar-refractivity contribution in [2.45, 2.75) is 6.04 Å². The van der Waals surface area contributed by atoms with Crippen molar-refractivity contribution in [1.82, 2.24) is 10.1 Å². The minimum atomic E-state index is -0.993. The van der Waals surface area contributed by atoms with Crippen molar-refractivity contribution >= 4 is 23.6 Å². The topological polar surface area (TPSA) is 83.6 Å². The van der Waals surface area contributed by atoms with Crippen LogP contribution in [-0.4, -0.2) is 44.7 Å². The number of aliphatic carboxylic acids is 1. The molecule has 0 radical (unpaired) electrons. The van der Waals surface area contributed by atoms with E-state index in [0.29, 0.717) is 11.6 Å². The fourth-order valence-corrected chi connectivity index (χ4v) is 2.46. The summed E-state index contributed by atoms with van der Waals surface area (Å²) in [5, 5.41) is 12.3. The summed E-state index contributed by atoms with van der Waals surface area (Å²) in [4.78, 5) is 23.8. The second-order valence-corrected chi connectivity index (χ2v) is 4.01. The first-order valence-electron chi connectivity index (χ1n) is 4.22. The summed E-state index contributed by atoms with van der Waals surface area (Å²) < 4.78 is 4.69. The van der Waals surface area contributed by atoms with Gasteiger partial charge < -0.3 is 14.5 Å². The lowest BCUT2D eigenvalue weighted by molar-refractivity contribution is -0.140. The predicted octanol–water partition coefficient (Wildman–Crippen LogP) is 0.274. The molecule has 0 aliphatic carbocycles. The van der Waals surface area contributed by atoms with Crippen LogP contribution in [0, 0.1) is 0 Å². The maximum atomic E-state index is 11.7. The van der Waals surface area contributed by atoms with Crippen molar-refractivity contribution in [2.75, 3.05) is 11.6 Å². The van der Waals surface area contributed by atoms with Crippen LogP contribution >= 0.6 is 11.8 Å². The van der Waals surface area contributed by atoms with Gasteiger partial charge in [0.15, 0.2) is 0 Å². The molecule has 6 nitrogen and oxygen atoms in total. The number of hydrogen-bond donors (Lipinski definition) is 1. The number of rotatable bonds is 2. The molecule has 1 N–H and O–H groups in total. The van der Waals surface area contributed by atoms with Crippen LogP contribution < -0.4 is 0 Å². The van der Waals surface area contributed by atoms with Crippen molar-refractivity contribution in [3.05, 3.63) is 18.0 Å². The van der Waals surface area contributed by atoms with E-state index in [-0.39, 0.29) is 5.76 Å². The molecule has 15 heavy (non-hydrogen) atoms. The molecular formula is C8H8N2O4S. The fraction of sp³-hybridized carbons (Fsp3) is 0.375. The van der Waals surface area contributed by atoms with Gasteiger partial charge >= 0.3 is 5.97 Å². The summed E-state index contributed by atoms with van der Waals surface area (Å²) in [6.07, 6.45) is 1.35. The number of carbonyl (C=O) groups is 2. The minimum Gasteiger partial charge on any atom is -0.480 e. The summed E-state index contributed by atoms with van der Waals surface area (Å²) >= 11 is 1.41. The summed E-state index contributed by atoms with van der Waals surface area (Å²) in [6.45, 7) is 0. The van der Waals surface area contributed by atoms with E-state index in [9.17, 15) is 9.59 Å². The zero-order valence-electron chi connectivity index (χ0n) is 7.62. The van der Waals surface area contributed by atoms with Crippen LogP contribution in [0.1, 0.15) is 10.6 Å². The highest BCUT2D eigenvalue weighted by Gasteiger charge is 2.36. The Hall–Kier alpha value is -1.50. The van der Waals surface area contributed by atoms with E-state index in [4.69, 9.17) is 9.63 Å². The van der Waals surface area contributed by atoms with Crippen LogP contribution in [0.5, 0.6) is 0 Å². The molecule has 1 aromatic heterocycles. The third-order valence-electron chi connectivity index (χ3n) is 2.08. The standard InChI is InChI=1S/C8H8N2O4S/c11-7(6-1-2-9-14-6)10-4-15-3-5(10)8(12)13/h1-2,5H,3-4H2,(H,12,13). The Bertz CT molecular complexity index is 378. The van der Waals surface area contributed by atoms with Gasteiger partial charge in [-0.05, 0) is 0 Å². The monoisotopic (exact) mass is 228 g/mol. The first-order valence-corrected chi connectivity index (χ1v) is 5.38. The zero-order chi connectivity index (χ0) is 10.8. The lowest BCUT2D eigenvalue weighted by Crippen LogP contribution is -2.41. The highest BCUT2D eigenvalue weighted by atomic mass is 32.2. The Balaban J connectivity index is 2.17. The molecule has 0 saturated carbocycles. The van der Waals surface area contributed by atoms with E-state index < -0.39 is 17.9 Å². The van der Waals surface area contributed by atoms with Gasteiger partial charge in [0.2, 0.25) is 5.76 Å². The smallest absolute Gasteiger partial charge is 0.327 e. The number of carboxylic acids is 1. The first-order chi connectivity index (χ1) is 7.20. The fourth-order valence-electron chi connectivity index (χ4n) is 1.32. The molecule has 0 spiro atoms. The number of nitrogens with zero attached hydrogens (tertiary/aromatic N) is 2. The van der Waals surface area contributed by atoms with Crippen LogP contribution in [0.3, 0.4) is 0 Å². The summed E-state index contributed by atoms with van der Waals surface area (Å²) in [5.74, 6) is -0.562. The van der Waals surface area contributed by atoms with Gasteiger partial charge in [0, 0.05) is 11.8 Å². The number of carboxylic acid groups (broad SMARTS) is 1. The van der Waals surface area contributed by atoms with Crippen LogP contribution in [0.2, 0.25) is 0 Å². The van der Waals surface area contributed by atoms with Gasteiger partial charge in [-0.15, -0.1) is 11.8 Å². The molecular weight excluding hydrogens is 220 g/mol. The predicted molar refractivity (Wildman–Crippen MR) is 51.4 cm³/mol. The molecule has 80 valence electrons. The van der Waals surface area contributed by atoms with Gasteiger partial charge in [0.05, 0.1) is 12.1 Å². The molecule has 2 rings (SSSR count). The number of thioether (sulfide) groups is 1. The highest BCUT2D eigenvalue weighted by molar-refractivity contribution is 7.99. The molecule has 2 heterocycles. The normalized spacial score (nSPS) is 20.5. The Labute approximate surface area is 89.2 Å². The van der Waals surface area contributed by atoms with Crippen LogP contribution in [0.15, 0.2) is 16.8 Å². The van der Waals surface area contributed by atoms with Crippen LogP contribution in [-0.2, 0) is 4.79 Å². The number of carbonyl (C=O) groups excluding carboxylic acids is 1. The van der Waals surface area contributed by atoms with Crippen molar-refractivity contribution in [3.8, 4) is 0 Å². The molecule has 1 aliphatic heterocycles. The van der Waals surface area contributed by atoms with Crippen molar-refractivity contribution < 1.29 is 19.2 Å². The Kier molecular flexibility index (Phi) is 2.63. The second-order valence-electron chi connectivity index (χ2n) is 3.01. The van der Waals surface area contributed by atoms with Gasteiger partial charge in [-0.25, -0.2) is 4.79 Å². The summed E-state index contributed by atoms with van der Waals surface area (Å²) in [5.41, 5.74) is 0. The summed E-state index contributed by atoms with van der Waals surface area (Å²) in [6, 6.07) is 0.650. The van der Waals surface area contributed by atoms with Crippen molar-refractivity contribution in [3.63, 3.8) is 0 Å². The average Bonchev–Trinajstić information content (AvgIpc) is 2.88. The third kappa shape index (κ3) is 1.82. The molecule has 1 amide bonds. The van der Waals surface area contributed by atoms with Gasteiger partial charge in [-0.3, -0.25) is 4.79 Å². The van der Waals surface area contributed by atoms with E-state index >= 15 is 0 Å². The van der Waals surface area contributed by atoms with E-state index in [1.165, 1.54) is 28.9 Å². The minimum absolute atomic E-state index is 0.0729. The van der Waals surface area contributed by atoms with Crippen LogP contribution in [0.25, 0.3) is 0 Å². The lowest BCUT2D eigenvalue weighted by atomic mass is 10.3. The van der Waals surface area contributed by atoms with E-state index in [0.717, 1.165) is 0 Å².